The van der Waals surface area contributed by atoms with Crippen LogP contribution in [0.1, 0.15) is 58.0 Å². The number of hydrogen-bond acceptors (Lipinski definition) is 8. The maximum atomic E-state index is 13.3. The third-order valence-corrected chi connectivity index (χ3v) is 7.39. The molecule has 0 radical (unpaired) electrons. The molecule has 3 aliphatic heterocycles. The van der Waals surface area contributed by atoms with Crippen molar-refractivity contribution in [1.82, 2.24) is 24.9 Å². The zero-order chi connectivity index (χ0) is 28.6. The van der Waals surface area contributed by atoms with Crippen LogP contribution in [0.25, 0.3) is 0 Å². The molecular weight excluding hydrogens is 587 g/mol. The van der Waals surface area contributed by atoms with Crippen molar-refractivity contribution < 1.29 is 28.7 Å². The molecule has 2 saturated heterocycles. The fourth-order valence-electron chi connectivity index (χ4n) is 5.08. The molecule has 40 heavy (non-hydrogen) atoms. The van der Waals surface area contributed by atoms with Crippen LogP contribution in [-0.4, -0.2) is 78.8 Å². The van der Waals surface area contributed by atoms with E-state index in [1.54, 1.807) is 29.3 Å². The highest BCUT2D eigenvalue weighted by Gasteiger charge is 2.45. The number of aromatic nitrogens is 2. The van der Waals surface area contributed by atoms with Gasteiger partial charge >= 0.3 is 6.09 Å². The fourth-order valence-corrected chi connectivity index (χ4v) is 5.24. The summed E-state index contributed by atoms with van der Waals surface area (Å²) in [6.07, 6.45) is 4.54. The number of nitrogens with zero attached hydrogens (tertiary/aromatic N) is 4. The van der Waals surface area contributed by atoms with Crippen LogP contribution < -0.4 is 10.6 Å². The number of alkyl halides is 3. The predicted octanol–water partition coefficient (Wildman–Crippen LogP) is 3.04. The molecule has 1 unspecified atom stereocenters. The van der Waals surface area contributed by atoms with E-state index in [1.807, 2.05) is 10.9 Å². The number of benzene rings is 1. The molecule has 2 aromatic rings. The number of fused-ring (bicyclic) bond motifs is 1. The lowest BCUT2D eigenvalue weighted by Gasteiger charge is -2.31. The molecule has 1 aromatic heterocycles. The molecule has 0 saturated carbocycles. The number of rotatable bonds is 6. The van der Waals surface area contributed by atoms with Gasteiger partial charge in [-0.15, -0.1) is 0 Å². The molecule has 2 fully saturated rings. The summed E-state index contributed by atoms with van der Waals surface area (Å²) in [5, 5.41) is 9.87. The Morgan fingerprint density at radius 3 is 2.55 bits per heavy atom. The molecule has 2 N–H and O–H groups in total. The van der Waals surface area contributed by atoms with Crippen molar-refractivity contribution in [3.8, 4) is 0 Å². The third-order valence-electron chi connectivity index (χ3n) is 7.06. The highest BCUT2D eigenvalue weighted by Crippen LogP contribution is 2.33. The second kappa shape index (κ2) is 11.3. The van der Waals surface area contributed by atoms with Crippen molar-refractivity contribution in [3.63, 3.8) is 0 Å². The van der Waals surface area contributed by atoms with E-state index in [1.165, 1.54) is 0 Å². The number of amides is 5. The van der Waals surface area contributed by atoms with Crippen LogP contribution in [0.15, 0.2) is 30.6 Å². The fraction of sp³-hybridized carbons (Fsp3) is 0.440. The third kappa shape index (κ3) is 5.89. The number of carbonyl (C=O) groups excluding carboxylic acids is 5. The Hall–Kier alpha value is -3.35. The van der Waals surface area contributed by atoms with Crippen molar-refractivity contribution in [1.29, 1.82) is 0 Å². The maximum absolute atomic E-state index is 13.3. The van der Waals surface area contributed by atoms with Crippen LogP contribution in [0.4, 0.5) is 10.5 Å². The van der Waals surface area contributed by atoms with Crippen LogP contribution in [0.5, 0.6) is 0 Å². The van der Waals surface area contributed by atoms with E-state index < -0.39 is 39.6 Å². The topological polar surface area (TPSA) is 143 Å². The quantitative estimate of drug-likeness (QED) is 0.375. The van der Waals surface area contributed by atoms with Crippen LogP contribution >= 0.6 is 34.8 Å². The van der Waals surface area contributed by atoms with Gasteiger partial charge in [0.05, 0.1) is 23.4 Å². The average molecular weight is 612 g/mol. The summed E-state index contributed by atoms with van der Waals surface area (Å²) in [5.41, 5.74) is 1.70. The van der Waals surface area contributed by atoms with E-state index in [9.17, 15) is 24.0 Å². The number of anilines is 1. The number of imide groups is 2. The average Bonchev–Trinajstić information content (AvgIpc) is 3.49. The molecule has 15 heteroatoms. The highest BCUT2D eigenvalue weighted by atomic mass is 35.6. The molecule has 5 amide bonds. The molecule has 5 rings (SSSR count). The van der Waals surface area contributed by atoms with Gasteiger partial charge in [0.15, 0.2) is 0 Å². The van der Waals surface area contributed by atoms with Gasteiger partial charge in [0.2, 0.25) is 15.6 Å². The SMILES string of the molecule is O=C1CCC(N2C(=O)c3cccc(NCc4cnn(C5CCN(C(=O)OCC(Cl)(Cl)Cl)CC5)c4)c3C2=O)C(=O)N1. The molecular formula is C25H25Cl3N6O6. The molecule has 0 spiro atoms. The Morgan fingerprint density at radius 2 is 1.85 bits per heavy atom. The highest BCUT2D eigenvalue weighted by molar-refractivity contribution is 6.67. The number of halogens is 3. The van der Waals surface area contributed by atoms with Crippen LogP contribution in [0.3, 0.4) is 0 Å². The summed E-state index contributed by atoms with van der Waals surface area (Å²) in [7, 11) is 0. The Morgan fingerprint density at radius 1 is 1.10 bits per heavy atom. The molecule has 3 aliphatic rings. The van der Waals surface area contributed by atoms with Crippen LogP contribution in [-0.2, 0) is 20.9 Å². The Kier molecular flexibility index (Phi) is 7.94. The van der Waals surface area contributed by atoms with Crippen molar-refractivity contribution in [2.75, 3.05) is 25.0 Å². The number of piperidine rings is 2. The van der Waals surface area contributed by atoms with Gasteiger partial charge in [-0.3, -0.25) is 34.1 Å². The van der Waals surface area contributed by atoms with E-state index in [2.05, 4.69) is 15.7 Å². The van der Waals surface area contributed by atoms with Gasteiger partial charge in [-0.2, -0.15) is 5.10 Å². The lowest BCUT2D eigenvalue weighted by Crippen LogP contribution is -2.54. The summed E-state index contributed by atoms with van der Waals surface area (Å²) in [6, 6.07) is 3.95. The summed E-state index contributed by atoms with van der Waals surface area (Å²) in [5.74, 6) is -2.22. The molecule has 4 heterocycles. The van der Waals surface area contributed by atoms with Gasteiger partial charge in [0, 0.05) is 43.5 Å². The minimum Gasteiger partial charge on any atom is -0.445 e. The first kappa shape index (κ1) is 28.2. The minimum atomic E-state index is -1.66. The first-order valence-corrected chi connectivity index (χ1v) is 13.7. The molecule has 12 nitrogen and oxygen atoms in total. The summed E-state index contributed by atoms with van der Waals surface area (Å²) < 4.78 is 5.22. The van der Waals surface area contributed by atoms with Crippen molar-refractivity contribution in [2.45, 2.75) is 48.1 Å². The van der Waals surface area contributed by atoms with Crippen LogP contribution in [0, 0.1) is 0 Å². The van der Waals surface area contributed by atoms with E-state index >= 15 is 0 Å². The Bertz CT molecular complexity index is 1370. The van der Waals surface area contributed by atoms with Crippen molar-refractivity contribution in [2.24, 2.45) is 0 Å². The van der Waals surface area contributed by atoms with Gasteiger partial charge in [0.25, 0.3) is 11.8 Å². The van der Waals surface area contributed by atoms with Gasteiger partial charge < -0.3 is 15.0 Å². The Labute approximate surface area is 243 Å². The number of carbonyl (C=O) groups is 5. The normalized spacial score (nSPS) is 20.0. The standard InChI is InChI=1S/C25H25Cl3N6O6/c26-25(27,28)13-40-24(39)32-8-6-15(7-9-32)33-12-14(11-30-33)10-29-17-3-1-2-16-20(17)23(38)34(22(16)37)18-4-5-19(35)31-21(18)36/h1-3,11-12,15,18,29H,4-10,13H2,(H,31,35,36). The van der Waals surface area contributed by atoms with Gasteiger partial charge in [-0.1, -0.05) is 40.9 Å². The number of nitrogens with one attached hydrogen (secondary N) is 2. The van der Waals surface area contributed by atoms with E-state index in [-0.39, 0.29) is 36.6 Å². The van der Waals surface area contributed by atoms with E-state index in [4.69, 9.17) is 39.5 Å². The van der Waals surface area contributed by atoms with Crippen molar-refractivity contribution in [3.05, 3.63) is 47.3 Å². The van der Waals surface area contributed by atoms with E-state index in [0.717, 1.165) is 10.5 Å². The molecule has 1 aromatic carbocycles. The number of likely N-dealkylation sites (tertiary alicyclic amines) is 1. The summed E-state index contributed by atoms with van der Waals surface area (Å²) in [4.78, 5) is 64.8. The molecule has 0 aliphatic carbocycles. The first-order chi connectivity index (χ1) is 19.0. The minimum absolute atomic E-state index is 0.0543. The van der Waals surface area contributed by atoms with E-state index in [0.29, 0.717) is 38.2 Å². The predicted molar refractivity (Wildman–Crippen MR) is 144 cm³/mol. The zero-order valence-corrected chi connectivity index (χ0v) is 23.3. The largest absolute Gasteiger partial charge is 0.445 e. The summed E-state index contributed by atoms with van der Waals surface area (Å²) >= 11 is 16.9. The second-order valence-corrected chi connectivity index (χ2v) is 12.3. The zero-order valence-electron chi connectivity index (χ0n) is 21.1. The Balaban J connectivity index is 1.19. The lowest BCUT2D eigenvalue weighted by atomic mass is 10.0. The summed E-state index contributed by atoms with van der Waals surface area (Å²) in [6.45, 7) is 0.934. The number of ether oxygens (including phenoxy) is 1. The monoisotopic (exact) mass is 610 g/mol. The van der Waals surface area contributed by atoms with Crippen LogP contribution in [0.2, 0.25) is 0 Å². The van der Waals surface area contributed by atoms with Crippen molar-refractivity contribution >= 4 is 70.2 Å². The molecule has 0 bridgehead atoms. The van der Waals surface area contributed by atoms with Gasteiger partial charge in [-0.05, 0) is 31.4 Å². The smallest absolute Gasteiger partial charge is 0.409 e. The lowest BCUT2D eigenvalue weighted by molar-refractivity contribution is -0.136. The maximum Gasteiger partial charge on any atom is 0.409 e. The van der Waals surface area contributed by atoms with Gasteiger partial charge in [-0.25, -0.2) is 4.79 Å². The molecule has 1 atom stereocenters. The van der Waals surface area contributed by atoms with Gasteiger partial charge in [0.1, 0.15) is 12.6 Å². The number of hydrogen-bond donors (Lipinski definition) is 2. The molecule has 212 valence electrons. The first-order valence-electron chi connectivity index (χ1n) is 12.6. The second-order valence-electron chi connectivity index (χ2n) is 9.75.